The Morgan fingerprint density at radius 1 is 1.15 bits per heavy atom. The molecule has 0 atom stereocenters. The zero-order valence-corrected chi connectivity index (χ0v) is 9.96. The van der Waals surface area contributed by atoms with Crippen molar-refractivity contribution in [2.24, 2.45) is 0 Å². The van der Waals surface area contributed by atoms with Crippen LogP contribution in [0.4, 0.5) is 8.78 Å². The second-order valence-electron chi connectivity index (χ2n) is 2.61. The largest absolute Gasteiger partial charge is 0.207 e. The molecule has 0 spiro atoms. The highest BCUT2D eigenvalue weighted by Gasteiger charge is 2.10. The molecule has 0 aliphatic carbocycles. The summed E-state index contributed by atoms with van der Waals surface area (Å²) >= 11 is 6.27. The van der Waals surface area contributed by atoms with Crippen molar-refractivity contribution in [2.45, 2.75) is 12.8 Å². The minimum Gasteiger partial charge on any atom is -0.207 e. The summed E-state index contributed by atoms with van der Waals surface area (Å²) in [6.07, 6.45) is 1.33. The highest BCUT2D eigenvalue weighted by molar-refractivity contribution is 9.10. The van der Waals surface area contributed by atoms with Gasteiger partial charge < -0.3 is 0 Å². The first-order valence-electron chi connectivity index (χ1n) is 3.85. The van der Waals surface area contributed by atoms with Crippen molar-refractivity contribution in [1.29, 1.82) is 0 Å². The molecule has 1 aromatic carbocycles. The lowest BCUT2D eigenvalue weighted by Gasteiger charge is -2.05. The summed E-state index contributed by atoms with van der Waals surface area (Å²) in [4.78, 5) is 0. The fourth-order valence-corrected chi connectivity index (χ4v) is 1.84. The highest BCUT2D eigenvalue weighted by atomic mass is 79.9. The third-order valence-electron chi connectivity index (χ3n) is 1.70. The number of rotatable bonds is 3. The molecule has 0 amide bonds. The average molecular weight is 314 g/mol. The van der Waals surface area contributed by atoms with Crippen LogP contribution in [0.15, 0.2) is 16.6 Å². The first kappa shape index (κ1) is 11.1. The molecule has 1 aromatic rings. The summed E-state index contributed by atoms with van der Waals surface area (Å²) in [5.74, 6) is -0.764. The van der Waals surface area contributed by atoms with E-state index in [1.54, 1.807) is 0 Å². The predicted molar refractivity (Wildman–Crippen MR) is 56.2 cm³/mol. The molecule has 0 saturated carbocycles. The van der Waals surface area contributed by atoms with Gasteiger partial charge in [0.25, 0.3) is 0 Å². The van der Waals surface area contributed by atoms with Crippen LogP contribution < -0.4 is 0 Å². The third kappa shape index (κ3) is 2.74. The fraction of sp³-hybridized carbons (Fsp3) is 0.333. The van der Waals surface area contributed by atoms with Gasteiger partial charge in [-0.1, -0.05) is 15.9 Å². The van der Waals surface area contributed by atoms with Gasteiger partial charge >= 0.3 is 0 Å². The monoisotopic (exact) mass is 312 g/mol. The second-order valence-corrected chi connectivity index (χ2v) is 4.20. The lowest BCUT2D eigenvalue weighted by molar-refractivity contribution is 0.577. The van der Waals surface area contributed by atoms with E-state index in [9.17, 15) is 8.78 Å². The van der Waals surface area contributed by atoms with Crippen LogP contribution in [0.2, 0.25) is 0 Å². The van der Waals surface area contributed by atoms with Crippen molar-refractivity contribution in [1.82, 2.24) is 0 Å². The van der Waals surface area contributed by atoms with Gasteiger partial charge in [-0.25, -0.2) is 8.78 Å². The molecule has 13 heavy (non-hydrogen) atoms. The lowest BCUT2D eigenvalue weighted by atomic mass is 10.1. The summed E-state index contributed by atoms with van der Waals surface area (Å²) < 4.78 is 26.3. The van der Waals surface area contributed by atoms with E-state index in [4.69, 9.17) is 0 Å². The molecule has 0 heterocycles. The van der Waals surface area contributed by atoms with Crippen LogP contribution in [0.1, 0.15) is 12.0 Å². The highest BCUT2D eigenvalue weighted by Crippen LogP contribution is 2.24. The van der Waals surface area contributed by atoms with Crippen LogP contribution in [-0.4, -0.2) is 5.33 Å². The van der Waals surface area contributed by atoms with Crippen LogP contribution in [0, 0.1) is 11.6 Å². The van der Waals surface area contributed by atoms with Crippen molar-refractivity contribution in [3.05, 3.63) is 33.8 Å². The molecule has 1 rings (SSSR count). The number of halogens is 4. The fourth-order valence-electron chi connectivity index (χ4n) is 1.04. The predicted octanol–water partition coefficient (Wildman–Crippen LogP) is 4.05. The SMILES string of the molecule is Fc1ccc(F)c(CCCBr)c1Br. The van der Waals surface area contributed by atoms with Gasteiger partial charge in [-0.2, -0.15) is 0 Å². The van der Waals surface area contributed by atoms with Gasteiger partial charge in [0.05, 0.1) is 4.47 Å². The standard InChI is InChI=1S/C9H8Br2F2/c10-5-1-2-6-7(12)3-4-8(13)9(6)11/h3-4H,1-2,5H2. The van der Waals surface area contributed by atoms with Gasteiger partial charge in [-0.3, -0.25) is 0 Å². The Bertz CT molecular complexity index is 300. The van der Waals surface area contributed by atoms with Crippen LogP contribution in [0.25, 0.3) is 0 Å². The van der Waals surface area contributed by atoms with Crippen molar-refractivity contribution in [2.75, 3.05) is 5.33 Å². The van der Waals surface area contributed by atoms with Crippen molar-refractivity contribution in [3.63, 3.8) is 0 Å². The Balaban J connectivity index is 2.96. The second kappa shape index (κ2) is 5.05. The summed E-state index contributed by atoms with van der Waals surface area (Å²) in [6.45, 7) is 0. The van der Waals surface area contributed by atoms with E-state index in [1.807, 2.05) is 0 Å². The molecule has 0 nitrogen and oxygen atoms in total. The average Bonchev–Trinajstić information content (AvgIpc) is 2.12. The molecule has 0 saturated heterocycles. The van der Waals surface area contributed by atoms with E-state index in [2.05, 4.69) is 31.9 Å². The van der Waals surface area contributed by atoms with E-state index >= 15 is 0 Å². The Morgan fingerprint density at radius 2 is 1.77 bits per heavy atom. The van der Waals surface area contributed by atoms with Crippen molar-refractivity contribution < 1.29 is 8.78 Å². The van der Waals surface area contributed by atoms with E-state index in [0.717, 1.165) is 23.9 Å². The van der Waals surface area contributed by atoms with E-state index in [0.29, 0.717) is 12.0 Å². The Kier molecular flexibility index (Phi) is 4.32. The smallest absolute Gasteiger partial charge is 0.137 e. The number of hydrogen-bond donors (Lipinski definition) is 0. The van der Waals surface area contributed by atoms with Crippen LogP contribution in [-0.2, 0) is 6.42 Å². The lowest BCUT2D eigenvalue weighted by Crippen LogP contribution is -1.95. The van der Waals surface area contributed by atoms with Crippen LogP contribution >= 0.6 is 31.9 Å². The van der Waals surface area contributed by atoms with E-state index < -0.39 is 5.82 Å². The van der Waals surface area contributed by atoms with Crippen LogP contribution in [0.5, 0.6) is 0 Å². The maximum Gasteiger partial charge on any atom is 0.137 e. The maximum absolute atomic E-state index is 13.1. The number of benzene rings is 1. The van der Waals surface area contributed by atoms with E-state index in [-0.39, 0.29) is 10.3 Å². The molecule has 0 aliphatic heterocycles. The first-order chi connectivity index (χ1) is 6.16. The number of hydrogen-bond acceptors (Lipinski definition) is 0. The molecule has 0 aromatic heterocycles. The molecule has 0 fully saturated rings. The molecule has 72 valence electrons. The van der Waals surface area contributed by atoms with Gasteiger partial charge in [-0.05, 0) is 40.9 Å². The first-order valence-corrected chi connectivity index (χ1v) is 5.76. The Labute approximate surface area is 92.6 Å². The van der Waals surface area contributed by atoms with Gasteiger partial charge in [0, 0.05) is 10.9 Å². The Morgan fingerprint density at radius 3 is 2.38 bits per heavy atom. The van der Waals surface area contributed by atoms with Gasteiger partial charge in [-0.15, -0.1) is 0 Å². The van der Waals surface area contributed by atoms with Crippen molar-refractivity contribution >= 4 is 31.9 Å². The zero-order chi connectivity index (χ0) is 9.84. The van der Waals surface area contributed by atoms with Crippen LogP contribution in [0.3, 0.4) is 0 Å². The topological polar surface area (TPSA) is 0 Å². The van der Waals surface area contributed by atoms with E-state index in [1.165, 1.54) is 0 Å². The summed E-state index contributed by atoms with van der Waals surface area (Å²) in [5.41, 5.74) is 0.416. The molecule has 0 unspecified atom stereocenters. The van der Waals surface area contributed by atoms with Gasteiger partial charge in [0.15, 0.2) is 0 Å². The maximum atomic E-state index is 13.1. The minimum atomic E-state index is -0.411. The van der Waals surface area contributed by atoms with Gasteiger partial charge in [0.2, 0.25) is 0 Å². The number of alkyl halides is 1. The quantitative estimate of drug-likeness (QED) is 0.583. The third-order valence-corrected chi connectivity index (χ3v) is 3.12. The minimum absolute atomic E-state index is 0.244. The molecule has 0 aliphatic rings. The summed E-state index contributed by atoms with van der Waals surface area (Å²) in [5, 5.41) is 0.787. The zero-order valence-electron chi connectivity index (χ0n) is 6.79. The Hall–Kier alpha value is 0.0400. The molecular formula is C9H8Br2F2. The normalized spacial score (nSPS) is 10.5. The van der Waals surface area contributed by atoms with Crippen molar-refractivity contribution in [3.8, 4) is 0 Å². The molecule has 0 bridgehead atoms. The molecule has 4 heteroatoms. The molecule has 0 N–H and O–H groups in total. The van der Waals surface area contributed by atoms with Gasteiger partial charge in [0.1, 0.15) is 11.6 Å². The summed E-state index contributed by atoms with van der Waals surface area (Å²) in [7, 11) is 0. The summed E-state index contributed by atoms with van der Waals surface area (Å²) in [6, 6.07) is 2.28. The molecular weight excluding hydrogens is 306 g/mol. The molecule has 0 radical (unpaired) electrons.